The highest BCUT2D eigenvalue weighted by molar-refractivity contribution is 6.13. The molecule has 0 saturated heterocycles. The van der Waals surface area contributed by atoms with E-state index in [0.717, 1.165) is 17.4 Å². The topological polar surface area (TPSA) is 164 Å². The van der Waals surface area contributed by atoms with Gasteiger partial charge in [0.2, 0.25) is 0 Å². The molecule has 0 fully saturated rings. The van der Waals surface area contributed by atoms with Crippen LogP contribution >= 0.6 is 0 Å². The molecular weight excluding hydrogens is 580 g/mol. The Labute approximate surface area is 260 Å². The van der Waals surface area contributed by atoms with E-state index in [1.54, 1.807) is 43.5 Å². The third-order valence-electron chi connectivity index (χ3n) is 6.87. The summed E-state index contributed by atoms with van der Waals surface area (Å²) in [5, 5.41) is 16.9. The van der Waals surface area contributed by atoms with Crippen LogP contribution < -0.4 is 35.3 Å². The first kappa shape index (κ1) is 32.3. The van der Waals surface area contributed by atoms with E-state index in [0.29, 0.717) is 30.0 Å². The molecule has 1 unspecified atom stereocenters. The van der Waals surface area contributed by atoms with Crippen LogP contribution in [0, 0.1) is 10.1 Å². The van der Waals surface area contributed by atoms with Gasteiger partial charge >= 0.3 is 0 Å². The largest absolute Gasteiger partial charge is 0.497 e. The van der Waals surface area contributed by atoms with Gasteiger partial charge in [0.05, 0.1) is 49.7 Å². The SMILES string of the molecule is COc1ccc(NC(=O)c2ccc([N+](=O)[O-])cc2NC(=O)c2ccc(OC)cc2OCCC(N)Cc2cccc(OC)c2)cc1. The summed E-state index contributed by atoms with van der Waals surface area (Å²) in [6.07, 6.45) is 1.08. The molecule has 12 heteroatoms. The van der Waals surface area contributed by atoms with Crippen molar-refractivity contribution >= 4 is 28.9 Å². The lowest BCUT2D eigenvalue weighted by Gasteiger charge is -2.16. The van der Waals surface area contributed by atoms with Gasteiger partial charge in [0.25, 0.3) is 17.5 Å². The van der Waals surface area contributed by atoms with Gasteiger partial charge in [-0.2, -0.15) is 0 Å². The maximum absolute atomic E-state index is 13.5. The average Bonchev–Trinajstić information content (AvgIpc) is 3.04. The molecule has 4 N–H and O–H groups in total. The van der Waals surface area contributed by atoms with Crippen LogP contribution in [-0.2, 0) is 6.42 Å². The van der Waals surface area contributed by atoms with Crippen molar-refractivity contribution in [2.75, 3.05) is 38.6 Å². The predicted molar refractivity (Wildman–Crippen MR) is 170 cm³/mol. The molecule has 4 rings (SSSR count). The number of nitrogens with zero attached hydrogens (tertiary/aromatic N) is 1. The third kappa shape index (κ3) is 8.71. The number of non-ortho nitro benzene ring substituents is 1. The minimum absolute atomic E-state index is 0.0178. The first-order valence-electron chi connectivity index (χ1n) is 13.9. The summed E-state index contributed by atoms with van der Waals surface area (Å²) in [6.45, 7) is 0.199. The van der Waals surface area contributed by atoms with E-state index >= 15 is 0 Å². The highest BCUT2D eigenvalue weighted by atomic mass is 16.6. The van der Waals surface area contributed by atoms with Gasteiger partial charge in [0, 0.05) is 29.9 Å². The van der Waals surface area contributed by atoms with Gasteiger partial charge in [-0.3, -0.25) is 19.7 Å². The summed E-state index contributed by atoms with van der Waals surface area (Å²) in [5.41, 5.74) is 7.62. The first-order chi connectivity index (χ1) is 21.7. The number of nitrogens with one attached hydrogen (secondary N) is 2. The number of hydrogen-bond acceptors (Lipinski definition) is 9. The van der Waals surface area contributed by atoms with Crippen LogP contribution in [0.15, 0.2) is 84.9 Å². The van der Waals surface area contributed by atoms with Gasteiger partial charge in [-0.15, -0.1) is 0 Å². The lowest BCUT2D eigenvalue weighted by atomic mass is 10.0. The maximum Gasteiger partial charge on any atom is 0.271 e. The summed E-state index contributed by atoms with van der Waals surface area (Å²) < 4.78 is 21.7. The third-order valence-corrected chi connectivity index (χ3v) is 6.87. The van der Waals surface area contributed by atoms with Crippen LogP contribution in [0.25, 0.3) is 0 Å². The fraction of sp³-hybridized carbons (Fsp3) is 0.212. The van der Waals surface area contributed by atoms with Crippen LogP contribution in [0.2, 0.25) is 0 Å². The molecule has 4 aromatic carbocycles. The van der Waals surface area contributed by atoms with Gasteiger partial charge < -0.3 is 35.3 Å². The molecule has 2 amide bonds. The zero-order chi connectivity index (χ0) is 32.3. The number of benzene rings is 4. The Morgan fingerprint density at radius 2 is 1.44 bits per heavy atom. The number of carbonyl (C=O) groups is 2. The van der Waals surface area contributed by atoms with Crippen LogP contribution in [0.1, 0.15) is 32.7 Å². The van der Waals surface area contributed by atoms with Crippen LogP contribution in [0.4, 0.5) is 17.1 Å². The number of amides is 2. The maximum atomic E-state index is 13.5. The molecule has 45 heavy (non-hydrogen) atoms. The summed E-state index contributed by atoms with van der Waals surface area (Å²) in [5.74, 6) is 0.793. The van der Waals surface area contributed by atoms with Gasteiger partial charge in [-0.25, -0.2) is 0 Å². The molecule has 0 heterocycles. The first-order valence-corrected chi connectivity index (χ1v) is 13.9. The molecule has 4 aromatic rings. The van der Waals surface area contributed by atoms with E-state index in [9.17, 15) is 19.7 Å². The lowest BCUT2D eigenvalue weighted by molar-refractivity contribution is -0.384. The number of nitro groups is 1. The zero-order valence-electron chi connectivity index (χ0n) is 25.1. The number of ether oxygens (including phenoxy) is 4. The molecule has 0 spiro atoms. The van der Waals surface area contributed by atoms with Crippen molar-refractivity contribution in [3.05, 3.63) is 112 Å². The number of carbonyl (C=O) groups excluding carboxylic acids is 2. The summed E-state index contributed by atoms with van der Waals surface area (Å²) in [6, 6.07) is 22.3. The molecular formula is C33H34N4O8. The van der Waals surface area contributed by atoms with E-state index < -0.39 is 16.7 Å². The van der Waals surface area contributed by atoms with Gasteiger partial charge in [0.1, 0.15) is 23.0 Å². The second-order valence-electron chi connectivity index (χ2n) is 9.94. The van der Waals surface area contributed by atoms with Crippen molar-refractivity contribution in [3.8, 4) is 23.0 Å². The number of nitro benzene ring substituents is 1. The minimum atomic E-state index is -0.646. The Kier molecular flexibility index (Phi) is 10.9. The molecule has 1 atom stereocenters. The Balaban J connectivity index is 1.51. The summed E-state index contributed by atoms with van der Waals surface area (Å²) in [4.78, 5) is 37.6. The summed E-state index contributed by atoms with van der Waals surface area (Å²) in [7, 11) is 4.61. The quantitative estimate of drug-likeness (QED) is 0.123. The van der Waals surface area contributed by atoms with Crippen LogP contribution in [0.3, 0.4) is 0 Å². The predicted octanol–water partition coefficient (Wildman–Crippen LogP) is 5.46. The Bertz CT molecular complexity index is 1660. The van der Waals surface area contributed by atoms with Crippen molar-refractivity contribution in [2.45, 2.75) is 18.9 Å². The number of methoxy groups -OCH3 is 3. The molecule has 0 aromatic heterocycles. The Morgan fingerprint density at radius 3 is 2.13 bits per heavy atom. The average molecular weight is 615 g/mol. The molecule has 0 bridgehead atoms. The van der Waals surface area contributed by atoms with E-state index in [4.69, 9.17) is 24.7 Å². The highest BCUT2D eigenvalue weighted by Crippen LogP contribution is 2.29. The number of anilines is 2. The van der Waals surface area contributed by atoms with Crippen molar-refractivity contribution in [1.82, 2.24) is 0 Å². The van der Waals surface area contributed by atoms with Gasteiger partial charge in [-0.05, 0) is 73.0 Å². The normalized spacial score (nSPS) is 11.2. The lowest BCUT2D eigenvalue weighted by Crippen LogP contribution is -2.25. The van der Waals surface area contributed by atoms with Crippen molar-refractivity contribution in [3.63, 3.8) is 0 Å². The fourth-order valence-corrected chi connectivity index (χ4v) is 4.47. The molecule has 12 nitrogen and oxygen atoms in total. The number of hydrogen-bond donors (Lipinski definition) is 3. The fourth-order valence-electron chi connectivity index (χ4n) is 4.47. The van der Waals surface area contributed by atoms with E-state index in [1.807, 2.05) is 24.3 Å². The number of nitrogens with two attached hydrogens (primary N) is 1. The van der Waals surface area contributed by atoms with Crippen molar-refractivity contribution < 1.29 is 33.5 Å². The monoisotopic (exact) mass is 614 g/mol. The molecule has 0 radical (unpaired) electrons. The Hall–Kier alpha value is -5.62. The van der Waals surface area contributed by atoms with Crippen LogP contribution in [0.5, 0.6) is 23.0 Å². The standard InChI is InChI=1S/C33H34N4O8/c1-42-25-10-7-23(8-11-25)35-32(38)28-13-9-24(37(40)41)19-30(28)36-33(39)29-14-12-27(44-3)20-31(29)45-16-15-22(34)17-21-5-4-6-26(18-21)43-2/h4-14,18-20,22H,15-17,34H2,1-3H3,(H,35,38)(H,36,39). The highest BCUT2D eigenvalue weighted by Gasteiger charge is 2.21. The second kappa shape index (κ2) is 15.2. The molecule has 0 aliphatic rings. The summed E-state index contributed by atoms with van der Waals surface area (Å²) >= 11 is 0. The van der Waals surface area contributed by atoms with Gasteiger partial charge in [0.15, 0.2) is 0 Å². The molecule has 234 valence electrons. The molecule has 0 saturated carbocycles. The Morgan fingerprint density at radius 1 is 0.800 bits per heavy atom. The minimum Gasteiger partial charge on any atom is -0.497 e. The van der Waals surface area contributed by atoms with Crippen molar-refractivity contribution in [1.29, 1.82) is 0 Å². The van der Waals surface area contributed by atoms with Gasteiger partial charge in [-0.1, -0.05) is 12.1 Å². The zero-order valence-corrected chi connectivity index (χ0v) is 25.1. The molecule has 0 aliphatic carbocycles. The van der Waals surface area contributed by atoms with E-state index in [2.05, 4.69) is 10.6 Å². The van der Waals surface area contributed by atoms with E-state index in [1.165, 1.54) is 32.4 Å². The second-order valence-corrected chi connectivity index (χ2v) is 9.94. The number of rotatable bonds is 14. The molecule has 0 aliphatic heterocycles. The van der Waals surface area contributed by atoms with E-state index in [-0.39, 0.29) is 40.9 Å². The van der Waals surface area contributed by atoms with Crippen molar-refractivity contribution in [2.24, 2.45) is 5.73 Å². The smallest absolute Gasteiger partial charge is 0.271 e. The van der Waals surface area contributed by atoms with Crippen LogP contribution in [-0.4, -0.2) is 50.7 Å².